The summed E-state index contributed by atoms with van der Waals surface area (Å²) < 4.78 is 24.6. The number of hydrogen-bond donors (Lipinski definition) is 1. The number of halogens is 2. The van der Waals surface area contributed by atoms with Gasteiger partial charge in [-0.25, -0.2) is 9.18 Å². The summed E-state index contributed by atoms with van der Waals surface area (Å²) in [6.07, 6.45) is 1.45. The van der Waals surface area contributed by atoms with Gasteiger partial charge in [0.15, 0.2) is 0 Å². The Balaban J connectivity index is 1.67. The van der Waals surface area contributed by atoms with Crippen molar-refractivity contribution in [3.8, 4) is 11.8 Å². The van der Waals surface area contributed by atoms with E-state index in [9.17, 15) is 19.2 Å². The zero-order valence-corrected chi connectivity index (χ0v) is 19.8. The van der Waals surface area contributed by atoms with Crippen LogP contribution in [0.15, 0.2) is 76.8 Å². The molecule has 0 aliphatic rings. The van der Waals surface area contributed by atoms with Crippen LogP contribution in [0.4, 0.5) is 10.1 Å². The topological polar surface area (TPSA) is 88.4 Å². The maximum absolute atomic E-state index is 13.3. The van der Waals surface area contributed by atoms with Crippen molar-refractivity contribution in [1.82, 2.24) is 0 Å². The molecule has 34 heavy (non-hydrogen) atoms. The van der Waals surface area contributed by atoms with E-state index in [2.05, 4.69) is 21.2 Å². The molecule has 0 fully saturated rings. The SMILES string of the molecule is CCOC(=O)c1ccc(NC(=O)/C(C#N)=C/c2ccc(OCc3cccc(F)c3)c(Br)c2)cc1. The molecule has 0 aliphatic heterocycles. The highest BCUT2D eigenvalue weighted by Gasteiger charge is 2.12. The van der Waals surface area contributed by atoms with E-state index in [4.69, 9.17) is 9.47 Å². The molecule has 0 atom stereocenters. The molecule has 0 aliphatic carbocycles. The van der Waals surface area contributed by atoms with Crippen molar-refractivity contribution in [2.24, 2.45) is 0 Å². The molecule has 0 saturated heterocycles. The van der Waals surface area contributed by atoms with E-state index in [1.807, 2.05) is 6.07 Å². The third-order valence-corrected chi connectivity index (χ3v) is 5.19. The lowest BCUT2D eigenvalue weighted by molar-refractivity contribution is -0.112. The lowest BCUT2D eigenvalue weighted by atomic mass is 10.1. The van der Waals surface area contributed by atoms with Crippen LogP contribution in [0.2, 0.25) is 0 Å². The summed E-state index contributed by atoms with van der Waals surface area (Å²) in [5.41, 5.74) is 1.99. The van der Waals surface area contributed by atoms with Gasteiger partial charge in [0, 0.05) is 5.69 Å². The average molecular weight is 523 g/mol. The van der Waals surface area contributed by atoms with Crippen molar-refractivity contribution in [2.45, 2.75) is 13.5 Å². The maximum Gasteiger partial charge on any atom is 0.338 e. The van der Waals surface area contributed by atoms with Crippen LogP contribution in [0.1, 0.15) is 28.4 Å². The lowest BCUT2D eigenvalue weighted by Crippen LogP contribution is -2.13. The second-order valence-electron chi connectivity index (χ2n) is 7.03. The monoisotopic (exact) mass is 522 g/mol. The molecular formula is C26H20BrFN2O4. The van der Waals surface area contributed by atoms with Crippen LogP contribution in [0.3, 0.4) is 0 Å². The van der Waals surface area contributed by atoms with Crippen LogP contribution in [-0.2, 0) is 16.1 Å². The van der Waals surface area contributed by atoms with Crippen molar-refractivity contribution in [3.05, 3.63) is 99.3 Å². The Morgan fingerprint density at radius 3 is 2.53 bits per heavy atom. The van der Waals surface area contributed by atoms with Gasteiger partial charge in [-0.05, 0) is 88.6 Å². The third kappa shape index (κ3) is 6.77. The number of nitrogens with one attached hydrogen (secondary N) is 1. The number of anilines is 1. The smallest absolute Gasteiger partial charge is 0.338 e. The Hall–Kier alpha value is -3.96. The van der Waals surface area contributed by atoms with Crippen molar-refractivity contribution in [2.75, 3.05) is 11.9 Å². The summed E-state index contributed by atoms with van der Waals surface area (Å²) in [7, 11) is 0. The van der Waals surface area contributed by atoms with Crippen molar-refractivity contribution in [1.29, 1.82) is 5.26 Å². The first-order valence-electron chi connectivity index (χ1n) is 10.3. The number of nitrogens with zero attached hydrogens (tertiary/aromatic N) is 1. The Labute approximate surface area is 204 Å². The largest absolute Gasteiger partial charge is 0.488 e. The molecule has 0 aromatic heterocycles. The van der Waals surface area contributed by atoms with E-state index in [0.717, 1.165) is 0 Å². The molecule has 0 radical (unpaired) electrons. The highest BCUT2D eigenvalue weighted by Crippen LogP contribution is 2.28. The predicted octanol–water partition coefficient (Wildman–Crippen LogP) is 5.89. The van der Waals surface area contributed by atoms with E-state index in [0.29, 0.717) is 32.6 Å². The molecule has 0 spiro atoms. The van der Waals surface area contributed by atoms with Crippen molar-refractivity contribution in [3.63, 3.8) is 0 Å². The minimum atomic E-state index is -0.589. The van der Waals surface area contributed by atoms with Crippen molar-refractivity contribution < 1.29 is 23.5 Å². The highest BCUT2D eigenvalue weighted by molar-refractivity contribution is 9.10. The van der Waals surface area contributed by atoms with Crippen LogP contribution < -0.4 is 10.1 Å². The molecule has 172 valence electrons. The quantitative estimate of drug-likeness (QED) is 0.226. The molecule has 0 heterocycles. The maximum atomic E-state index is 13.3. The molecule has 8 heteroatoms. The van der Waals surface area contributed by atoms with Gasteiger partial charge < -0.3 is 14.8 Å². The van der Waals surface area contributed by atoms with E-state index in [-0.39, 0.29) is 24.6 Å². The van der Waals surface area contributed by atoms with Crippen LogP contribution >= 0.6 is 15.9 Å². The van der Waals surface area contributed by atoms with Crippen LogP contribution in [0, 0.1) is 17.1 Å². The molecular weight excluding hydrogens is 503 g/mol. The van der Waals surface area contributed by atoms with E-state index < -0.39 is 11.9 Å². The molecule has 0 saturated carbocycles. The summed E-state index contributed by atoms with van der Waals surface area (Å²) in [4.78, 5) is 24.3. The summed E-state index contributed by atoms with van der Waals surface area (Å²) >= 11 is 3.42. The molecule has 3 aromatic carbocycles. The van der Waals surface area contributed by atoms with Crippen molar-refractivity contribution >= 4 is 39.6 Å². The zero-order valence-electron chi connectivity index (χ0n) is 18.2. The molecule has 0 bridgehead atoms. The second-order valence-corrected chi connectivity index (χ2v) is 7.88. The van der Waals surface area contributed by atoms with Gasteiger partial charge in [-0.15, -0.1) is 0 Å². The Morgan fingerprint density at radius 1 is 1.12 bits per heavy atom. The van der Waals surface area contributed by atoms with E-state index in [1.54, 1.807) is 49.4 Å². The molecule has 6 nitrogen and oxygen atoms in total. The summed E-state index contributed by atoms with van der Waals surface area (Å²) in [6.45, 7) is 2.17. The Kier molecular flexibility index (Phi) is 8.54. The second kappa shape index (κ2) is 11.8. The normalized spacial score (nSPS) is 10.8. The molecule has 0 unspecified atom stereocenters. The standard InChI is InChI=1S/C26H20BrFN2O4/c1-2-33-26(32)19-7-9-22(10-8-19)30-25(31)20(15-29)12-17-6-11-24(23(27)14-17)34-16-18-4-3-5-21(28)13-18/h3-14H,2,16H2,1H3,(H,30,31)/b20-12+. The molecule has 1 amide bonds. The number of ether oxygens (including phenoxy) is 2. The fourth-order valence-corrected chi connectivity index (χ4v) is 3.44. The van der Waals surface area contributed by atoms with Gasteiger partial charge in [0.05, 0.1) is 16.6 Å². The summed E-state index contributed by atoms with van der Waals surface area (Å²) in [5, 5.41) is 12.1. The van der Waals surface area contributed by atoms with E-state index in [1.165, 1.54) is 30.3 Å². The van der Waals surface area contributed by atoms with Gasteiger partial charge in [-0.1, -0.05) is 18.2 Å². The minimum Gasteiger partial charge on any atom is -0.488 e. The number of amides is 1. The number of nitriles is 1. The highest BCUT2D eigenvalue weighted by atomic mass is 79.9. The number of rotatable bonds is 8. The first-order valence-corrected chi connectivity index (χ1v) is 11.1. The first kappa shape index (κ1) is 24.7. The first-order chi connectivity index (χ1) is 16.4. The average Bonchev–Trinajstić information content (AvgIpc) is 2.82. The Morgan fingerprint density at radius 2 is 1.88 bits per heavy atom. The number of carbonyl (C=O) groups is 2. The minimum absolute atomic E-state index is 0.102. The lowest BCUT2D eigenvalue weighted by Gasteiger charge is -2.09. The number of esters is 1. The van der Waals surface area contributed by atoms with Gasteiger partial charge in [0.1, 0.15) is 29.8 Å². The number of carbonyl (C=O) groups excluding carboxylic acids is 2. The number of hydrogen-bond acceptors (Lipinski definition) is 5. The Bertz CT molecular complexity index is 1270. The summed E-state index contributed by atoms with van der Waals surface area (Å²) in [6, 6.07) is 19.3. The molecule has 1 N–H and O–H groups in total. The van der Waals surface area contributed by atoms with Crippen LogP contribution in [0.5, 0.6) is 5.75 Å². The van der Waals surface area contributed by atoms with Gasteiger partial charge in [0.2, 0.25) is 0 Å². The fourth-order valence-electron chi connectivity index (χ4n) is 2.93. The zero-order chi connectivity index (χ0) is 24.5. The summed E-state index contributed by atoms with van der Waals surface area (Å²) in [5.74, 6) is -0.843. The molecule has 3 aromatic rings. The number of benzene rings is 3. The fraction of sp³-hybridized carbons (Fsp3) is 0.115. The van der Waals surface area contributed by atoms with Gasteiger partial charge in [-0.3, -0.25) is 4.79 Å². The van der Waals surface area contributed by atoms with Gasteiger partial charge in [-0.2, -0.15) is 5.26 Å². The molecule has 3 rings (SSSR count). The van der Waals surface area contributed by atoms with E-state index >= 15 is 0 Å². The van der Waals surface area contributed by atoms with Crippen LogP contribution in [0.25, 0.3) is 6.08 Å². The van der Waals surface area contributed by atoms with Gasteiger partial charge >= 0.3 is 5.97 Å². The van der Waals surface area contributed by atoms with Gasteiger partial charge in [0.25, 0.3) is 5.91 Å². The van der Waals surface area contributed by atoms with Crippen LogP contribution in [-0.4, -0.2) is 18.5 Å². The predicted molar refractivity (Wildman–Crippen MR) is 129 cm³/mol. The third-order valence-electron chi connectivity index (χ3n) is 4.57.